The number of nitrogens with one attached hydrogen (secondary N) is 1. The topological polar surface area (TPSA) is 92.6 Å². The Balaban J connectivity index is 1.39. The zero-order valence-corrected chi connectivity index (χ0v) is 16.1. The quantitative estimate of drug-likeness (QED) is 0.583. The Morgan fingerprint density at radius 3 is 2.93 bits per heavy atom. The van der Waals surface area contributed by atoms with Crippen molar-refractivity contribution in [2.24, 2.45) is 7.05 Å². The molecule has 8 heteroatoms. The third-order valence-electron chi connectivity index (χ3n) is 5.56. The van der Waals surface area contributed by atoms with Gasteiger partial charge in [0.25, 0.3) is 5.91 Å². The van der Waals surface area contributed by atoms with Gasteiger partial charge < -0.3 is 4.90 Å². The van der Waals surface area contributed by atoms with Gasteiger partial charge in [0.2, 0.25) is 0 Å². The first-order valence-corrected chi connectivity index (χ1v) is 9.74. The van der Waals surface area contributed by atoms with Gasteiger partial charge in [-0.25, -0.2) is 9.67 Å². The minimum atomic E-state index is -0.0180. The van der Waals surface area contributed by atoms with Gasteiger partial charge >= 0.3 is 0 Å². The van der Waals surface area contributed by atoms with Crippen LogP contribution in [0.1, 0.15) is 34.8 Å². The number of pyridine rings is 1. The van der Waals surface area contributed by atoms with E-state index in [0.29, 0.717) is 23.3 Å². The summed E-state index contributed by atoms with van der Waals surface area (Å²) in [6.45, 7) is 1.39. The third kappa shape index (κ3) is 3.16. The number of hydrogen-bond acceptors (Lipinski definition) is 5. The number of hydrogen-bond donors (Lipinski definition) is 1. The average molecular weight is 387 g/mol. The molecule has 29 heavy (non-hydrogen) atoms. The van der Waals surface area contributed by atoms with Crippen molar-refractivity contribution in [1.82, 2.24) is 35.1 Å². The highest BCUT2D eigenvalue weighted by molar-refractivity contribution is 5.96. The Hall–Kier alpha value is -3.55. The van der Waals surface area contributed by atoms with Crippen LogP contribution in [0, 0.1) is 0 Å². The van der Waals surface area contributed by atoms with Crippen LogP contribution in [0.25, 0.3) is 22.3 Å². The van der Waals surface area contributed by atoms with Gasteiger partial charge in [-0.2, -0.15) is 5.10 Å². The van der Waals surface area contributed by atoms with Crippen molar-refractivity contribution in [1.29, 1.82) is 0 Å². The number of piperidine rings is 1. The molecule has 5 rings (SSSR count). The maximum Gasteiger partial charge on any atom is 0.255 e. The lowest BCUT2D eigenvalue weighted by atomic mass is 9.90. The fourth-order valence-corrected chi connectivity index (χ4v) is 4.08. The largest absolute Gasteiger partial charge is 0.338 e. The maximum atomic E-state index is 13.1. The van der Waals surface area contributed by atoms with Crippen LogP contribution in [0.4, 0.5) is 0 Å². The highest BCUT2D eigenvalue weighted by Gasteiger charge is 2.28. The lowest BCUT2D eigenvalue weighted by Crippen LogP contribution is -2.39. The Bertz CT molecular complexity index is 1160. The summed E-state index contributed by atoms with van der Waals surface area (Å²) in [6.07, 6.45) is 5.46. The van der Waals surface area contributed by atoms with E-state index in [4.69, 9.17) is 0 Å². The molecule has 0 radical (unpaired) electrons. The number of aromatic nitrogens is 6. The molecule has 1 N–H and O–H groups in total. The number of aromatic amines is 1. The van der Waals surface area contributed by atoms with Crippen molar-refractivity contribution in [2.75, 3.05) is 13.1 Å². The predicted octanol–water partition coefficient (Wildman–Crippen LogP) is 2.77. The van der Waals surface area contributed by atoms with E-state index in [9.17, 15) is 4.79 Å². The minimum Gasteiger partial charge on any atom is -0.338 e. The van der Waals surface area contributed by atoms with Crippen LogP contribution in [0.15, 0.2) is 48.8 Å². The molecule has 8 nitrogen and oxygen atoms in total. The number of carbonyl (C=O) groups excluding carboxylic acids is 1. The van der Waals surface area contributed by atoms with Crippen LogP contribution in [0.2, 0.25) is 0 Å². The second-order valence-electron chi connectivity index (χ2n) is 7.43. The zero-order chi connectivity index (χ0) is 19.8. The van der Waals surface area contributed by atoms with Gasteiger partial charge in [-0.1, -0.05) is 35.5 Å². The lowest BCUT2D eigenvalue weighted by Gasteiger charge is -2.32. The molecule has 0 aliphatic carbocycles. The van der Waals surface area contributed by atoms with Crippen molar-refractivity contribution in [3.63, 3.8) is 0 Å². The predicted molar refractivity (Wildman–Crippen MR) is 108 cm³/mol. The lowest BCUT2D eigenvalue weighted by molar-refractivity contribution is 0.0705. The number of amides is 1. The summed E-state index contributed by atoms with van der Waals surface area (Å²) in [5.41, 5.74) is 5.18. The molecule has 1 aromatic carbocycles. The van der Waals surface area contributed by atoms with Crippen molar-refractivity contribution >= 4 is 17.1 Å². The summed E-state index contributed by atoms with van der Waals surface area (Å²) in [6, 6.07) is 12.0. The summed E-state index contributed by atoms with van der Waals surface area (Å²) < 4.78 is 1.60. The second-order valence-corrected chi connectivity index (χ2v) is 7.43. The maximum absolute atomic E-state index is 13.1. The Morgan fingerprint density at radius 2 is 2.07 bits per heavy atom. The van der Waals surface area contributed by atoms with Crippen LogP contribution < -0.4 is 0 Å². The molecule has 146 valence electrons. The molecule has 3 aromatic heterocycles. The summed E-state index contributed by atoms with van der Waals surface area (Å²) in [7, 11) is 1.79. The summed E-state index contributed by atoms with van der Waals surface area (Å²) in [4.78, 5) is 19.4. The van der Waals surface area contributed by atoms with Crippen molar-refractivity contribution < 1.29 is 4.79 Å². The van der Waals surface area contributed by atoms with Crippen molar-refractivity contribution in [2.45, 2.75) is 18.8 Å². The Labute approximate surface area is 167 Å². The van der Waals surface area contributed by atoms with E-state index in [-0.39, 0.29) is 11.8 Å². The molecule has 1 atom stereocenters. The molecule has 1 fully saturated rings. The number of carbonyl (C=O) groups is 1. The van der Waals surface area contributed by atoms with Crippen LogP contribution in [0.3, 0.4) is 0 Å². The van der Waals surface area contributed by atoms with Gasteiger partial charge in [0.15, 0.2) is 5.65 Å². The number of aryl methyl sites for hydroxylation is 1. The monoisotopic (exact) mass is 387 g/mol. The fourth-order valence-electron chi connectivity index (χ4n) is 4.08. The summed E-state index contributed by atoms with van der Waals surface area (Å²) >= 11 is 0. The smallest absolute Gasteiger partial charge is 0.255 e. The van der Waals surface area contributed by atoms with Crippen LogP contribution in [-0.2, 0) is 7.05 Å². The molecule has 1 amide bonds. The van der Waals surface area contributed by atoms with Gasteiger partial charge in [0, 0.05) is 43.5 Å². The average Bonchev–Trinajstić information content (AvgIpc) is 3.41. The highest BCUT2D eigenvalue weighted by atomic mass is 16.2. The molecule has 0 unspecified atom stereocenters. The van der Waals surface area contributed by atoms with Crippen molar-refractivity contribution in [3.8, 4) is 11.1 Å². The molecule has 1 aliphatic heterocycles. The molecule has 4 aromatic rings. The molecule has 0 bridgehead atoms. The van der Waals surface area contributed by atoms with E-state index in [1.54, 1.807) is 24.0 Å². The number of benzene rings is 1. The van der Waals surface area contributed by atoms with Crippen molar-refractivity contribution in [3.05, 3.63) is 60.0 Å². The molecular weight excluding hydrogens is 366 g/mol. The molecule has 0 spiro atoms. The number of rotatable bonds is 3. The van der Waals surface area contributed by atoms with Gasteiger partial charge in [-0.3, -0.25) is 9.89 Å². The highest BCUT2D eigenvalue weighted by Crippen LogP contribution is 2.33. The van der Waals surface area contributed by atoms with Crippen LogP contribution >= 0.6 is 0 Å². The number of fused-ring (bicyclic) bond motifs is 1. The van der Waals surface area contributed by atoms with Gasteiger partial charge in [0.1, 0.15) is 5.52 Å². The van der Waals surface area contributed by atoms with Crippen LogP contribution in [0.5, 0.6) is 0 Å². The van der Waals surface area contributed by atoms with E-state index < -0.39 is 0 Å². The van der Waals surface area contributed by atoms with Gasteiger partial charge in [0.05, 0.1) is 11.8 Å². The SMILES string of the molecule is Cn1nnc2cc(C(=O)N3CCC[C@H](c4[nH]ncc4-c4ccccc4)C3)cnc21. The first-order valence-electron chi connectivity index (χ1n) is 9.74. The summed E-state index contributed by atoms with van der Waals surface area (Å²) in [5, 5.41) is 15.5. The van der Waals surface area contributed by atoms with E-state index in [0.717, 1.165) is 36.2 Å². The van der Waals surface area contributed by atoms with E-state index in [1.807, 2.05) is 29.3 Å². The zero-order valence-electron chi connectivity index (χ0n) is 16.1. The van der Waals surface area contributed by atoms with E-state index in [1.165, 1.54) is 0 Å². The Morgan fingerprint density at radius 1 is 1.21 bits per heavy atom. The van der Waals surface area contributed by atoms with E-state index in [2.05, 4.69) is 37.6 Å². The van der Waals surface area contributed by atoms with Gasteiger partial charge in [-0.05, 0) is 24.5 Å². The molecule has 1 aliphatic rings. The molecule has 1 saturated heterocycles. The number of H-pyrrole nitrogens is 1. The normalized spacial score (nSPS) is 17.0. The first kappa shape index (κ1) is 17.5. The van der Waals surface area contributed by atoms with E-state index >= 15 is 0 Å². The summed E-state index contributed by atoms with van der Waals surface area (Å²) in [5.74, 6) is 0.203. The molecule has 4 heterocycles. The number of nitrogens with zero attached hydrogens (tertiary/aromatic N) is 6. The second kappa shape index (κ2) is 7.12. The fraction of sp³-hybridized carbons (Fsp3) is 0.286. The van der Waals surface area contributed by atoms with Crippen LogP contribution in [-0.4, -0.2) is 54.1 Å². The molecular formula is C21H21N7O. The molecule has 0 saturated carbocycles. The van der Waals surface area contributed by atoms with Gasteiger partial charge in [-0.15, -0.1) is 5.10 Å². The first-order chi connectivity index (χ1) is 14.2. The minimum absolute atomic E-state index is 0.0180. The third-order valence-corrected chi connectivity index (χ3v) is 5.56. The number of likely N-dealkylation sites (tertiary alicyclic amines) is 1. The standard InChI is InChI=1S/C21H21N7O/c1-27-20-18(24-26-27)10-16(11-22-20)21(29)28-9-5-8-15(13-28)19-17(12-23-25-19)14-6-3-2-4-7-14/h2-4,6-7,10-12,15H,5,8-9,13H2,1H3,(H,23,25)/t15-/m0/s1. The Kier molecular flexibility index (Phi) is 4.31.